The summed E-state index contributed by atoms with van der Waals surface area (Å²) in [5.41, 5.74) is 0.801. The van der Waals surface area contributed by atoms with Crippen LogP contribution in [0.25, 0.3) is 0 Å². The Kier molecular flexibility index (Phi) is 3.77. The van der Waals surface area contributed by atoms with Gasteiger partial charge in [-0.25, -0.2) is 4.79 Å². The van der Waals surface area contributed by atoms with Crippen LogP contribution < -0.4 is 5.32 Å². The van der Waals surface area contributed by atoms with E-state index in [9.17, 15) is 4.79 Å². The van der Waals surface area contributed by atoms with Gasteiger partial charge in [-0.3, -0.25) is 0 Å². The second-order valence-electron chi connectivity index (χ2n) is 2.90. The van der Waals surface area contributed by atoms with Gasteiger partial charge in [0, 0.05) is 10.7 Å². The highest BCUT2D eigenvalue weighted by Gasteiger charge is 2.11. The van der Waals surface area contributed by atoms with E-state index in [1.165, 1.54) is 7.11 Å². The Morgan fingerprint density at radius 3 is 2.86 bits per heavy atom. The second-order valence-corrected chi connectivity index (χ2v) is 3.34. The highest BCUT2D eigenvalue weighted by atomic mass is 35.5. The summed E-state index contributed by atoms with van der Waals surface area (Å²) in [4.78, 5) is 11.1. The molecule has 0 saturated heterocycles. The molecule has 1 aromatic rings. The summed E-state index contributed by atoms with van der Waals surface area (Å²) in [6, 6.07) is 6.80. The number of hydrogen-bond donors (Lipinski definition) is 1. The molecule has 0 spiro atoms. The highest BCUT2D eigenvalue weighted by Crippen LogP contribution is 2.15. The van der Waals surface area contributed by atoms with Crippen molar-refractivity contribution in [1.29, 1.82) is 0 Å². The zero-order valence-electron chi connectivity index (χ0n) is 8.08. The van der Waals surface area contributed by atoms with Crippen molar-refractivity contribution in [2.24, 2.45) is 0 Å². The van der Waals surface area contributed by atoms with Gasteiger partial charge in [0.1, 0.15) is 6.04 Å². The Labute approximate surface area is 88.0 Å². The molecular formula is C10H12ClNO2. The zero-order chi connectivity index (χ0) is 10.6. The van der Waals surface area contributed by atoms with Crippen molar-refractivity contribution >= 4 is 23.3 Å². The number of benzene rings is 1. The fourth-order valence-electron chi connectivity index (χ4n) is 1.06. The number of carbonyl (C=O) groups is 1. The second kappa shape index (κ2) is 4.86. The van der Waals surface area contributed by atoms with E-state index in [0.29, 0.717) is 5.02 Å². The van der Waals surface area contributed by atoms with Gasteiger partial charge in [-0.15, -0.1) is 0 Å². The Morgan fingerprint density at radius 1 is 1.57 bits per heavy atom. The quantitative estimate of drug-likeness (QED) is 0.784. The first-order valence-electron chi connectivity index (χ1n) is 4.23. The van der Waals surface area contributed by atoms with Crippen LogP contribution in [0.5, 0.6) is 0 Å². The predicted octanol–water partition coefficient (Wildman–Crippen LogP) is 2.31. The summed E-state index contributed by atoms with van der Waals surface area (Å²) in [6.07, 6.45) is 0. The maximum absolute atomic E-state index is 11.1. The molecule has 0 amide bonds. The van der Waals surface area contributed by atoms with E-state index in [1.54, 1.807) is 19.1 Å². The topological polar surface area (TPSA) is 38.3 Å². The number of rotatable bonds is 3. The third-order valence-electron chi connectivity index (χ3n) is 1.76. The predicted molar refractivity (Wildman–Crippen MR) is 56.6 cm³/mol. The van der Waals surface area contributed by atoms with E-state index < -0.39 is 0 Å². The summed E-state index contributed by atoms with van der Waals surface area (Å²) in [7, 11) is 1.36. The van der Waals surface area contributed by atoms with Gasteiger partial charge in [0.2, 0.25) is 0 Å². The van der Waals surface area contributed by atoms with Crippen LogP contribution in [0.4, 0.5) is 5.69 Å². The third kappa shape index (κ3) is 2.92. The highest BCUT2D eigenvalue weighted by molar-refractivity contribution is 6.30. The fourth-order valence-corrected chi connectivity index (χ4v) is 1.25. The van der Waals surface area contributed by atoms with Gasteiger partial charge >= 0.3 is 5.97 Å². The lowest BCUT2D eigenvalue weighted by Crippen LogP contribution is -2.27. The number of ether oxygens (including phenoxy) is 1. The Balaban J connectivity index is 2.64. The standard InChI is InChI=1S/C10H12ClNO2/c1-7(10(13)14-2)12-9-5-3-4-8(11)6-9/h3-7,12H,1-2H3/t7-/m1/s1. The van der Waals surface area contributed by atoms with Crippen molar-refractivity contribution in [2.45, 2.75) is 13.0 Å². The Bertz CT molecular complexity index is 328. The van der Waals surface area contributed by atoms with Gasteiger partial charge < -0.3 is 10.1 Å². The molecule has 0 aromatic heterocycles. The van der Waals surface area contributed by atoms with E-state index >= 15 is 0 Å². The maximum Gasteiger partial charge on any atom is 0.327 e. The molecule has 0 fully saturated rings. The largest absolute Gasteiger partial charge is 0.467 e. The van der Waals surface area contributed by atoms with Crippen LogP contribution in [0.3, 0.4) is 0 Å². The van der Waals surface area contributed by atoms with Crippen molar-refractivity contribution in [3.8, 4) is 0 Å². The Morgan fingerprint density at radius 2 is 2.29 bits per heavy atom. The van der Waals surface area contributed by atoms with Crippen molar-refractivity contribution in [3.05, 3.63) is 29.3 Å². The minimum atomic E-state index is -0.376. The van der Waals surface area contributed by atoms with E-state index in [0.717, 1.165) is 5.69 Å². The molecule has 3 nitrogen and oxygen atoms in total. The molecule has 76 valence electrons. The summed E-state index contributed by atoms with van der Waals surface area (Å²) < 4.78 is 4.58. The molecule has 14 heavy (non-hydrogen) atoms. The summed E-state index contributed by atoms with van der Waals surface area (Å²) in [5.74, 6) is -0.301. The molecule has 1 atom stereocenters. The number of halogens is 1. The van der Waals surface area contributed by atoms with Crippen LogP contribution in [0.15, 0.2) is 24.3 Å². The zero-order valence-corrected chi connectivity index (χ0v) is 8.84. The van der Waals surface area contributed by atoms with Gasteiger partial charge in [0.05, 0.1) is 7.11 Å². The van der Waals surface area contributed by atoms with Crippen molar-refractivity contribution in [2.75, 3.05) is 12.4 Å². The normalized spacial score (nSPS) is 11.9. The number of esters is 1. The SMILES string of the molecule is COC(=O)[C@@H](C)Nc1cccc(Cl)c1. The number of nitrogens with one attached hydrogen (secondary N) is 1. The van der Waals surface area contributed by atoms with Crippen LogP contribution in [0.2, 0.25) is 5.02 Å². The van der Waals surface area contributed by atoms with Gasteiger partial charge in [-0.1, -0.05) is 17.7 Å². The number of anilines is 1. The molecule has 0 bridgehead atoms. The van der Waals surface area contributed by atoms with E-state index in [1.807, 2.05) is 12.1 Å². The number of carbonyl (C=O) groups excluding carboxylic acids is 1. The molecule has 0 radical (unpaired) electrons. The van der Waals surface area contributed by atoms with Crippen molar-refractivity contribution in [3.63, 3.8) is 0 Å². The first kappa shape index (κ1) is 10.9. The lowest BCUT2D eigenvalue weighted by Gasteiger charge is -2.12. The lowest BCUT2D eigenvalue weighted by atomic mass is 10.2. The molecule has 0 unspecified atom stereocenters. The van der Waals surface area contributed by atoms with Crippen LogP contribution >= 0.6 is 11.6 Å². The van der Waals surface area contributed by atoms with Gasteiger partial charge in [-0.2, -0.15) is 0 Å². The Hall–Kier alpha value is -1.22. The van der Waals surface area contributed by atoms with Crippen LogP contribution in [0.1, 0.15) is 6.92 Å². The molecule has 0 heterocycles. The monoisotopic (exact) mass is 213 g/mol. The molecular weight excluding hydrogens is 202 g/mol. The van der Waals surface area contributed by atoms with E-state index in [4.69, 9.17) is 11.6 Å². The van der Waals surface area contributed by atoms with Crippen LogP contribution in [0, 0.1) is 0 Å². The van der Waals surface area contributed by atoms with Crippen LogP contribution in [-0.4, -0.2) is 19.1 Å². The molecule has 1 N–H and O–H groups in total. The smallest absolute Gasteiger partial charge is 0.327 e. The molecule has 0 aliphatic heterocycles. The van der Waals surface area contributed by atoms with E-state index in [-0.39, 0.29) is 12.0 Å². The minimum Gasteiger partial charge on any atom is -0.467 e. The number of hydrogen-bond acceptors (Lipinski definition) is 3. The molecule has 4 heteroatoms. The van der Waals surface area contributed by atoms with Crippen LogP contribution in [-0.2, 0) is 9.53 Å². The average Bonchev–Trinajstić information content (AvgIpc) is 2.16. The summed E-state index contributed by atoms with van der Waals surface area (Å²) in [6.45, 7) is 1.73. The van der Waals surface area contributed by atoms with Crippen molar-refractivity contribution in [1.82, 2.24) is 0 Å². The average molecular weight is 214 g/mol. The first-order valence-corrected chi connectivity index (χ1v) is 4.61. The minimum absolute atomic E-state index is 0.301. The van der Waals surface area contributed by atoms with Gasteiger partial charge in [0.25, 0.3) is 0 Å². The molecule has 1 aromatic carbocycles. The summed E-state index contributed by atoms with van der Waals surface area (Å²) in [5, 5.41) is 3.61. The summed E-state index contributed by atoms with van der Waals surface area (Å²) >= 11 is 5.79. The van der Waals surface area contributed by atoms with Gasteiger partial charge in [-0.05, 0) is 25.1 Å². The van der Waals surface area contributed by atoms with E-state index in [2.05, 4.69) is 10.1 Å². The molecule has 0 saturated carbocycles. The molecule has 0 aliphatic carbocycles. The lowest BCUT2D eigenvalue weighted by molar-refractivity contribution is -0.141. The fraction of sp³-hybridized carbons (Fsp3) is 0.300. The number of methoxy groups -OCH3 is 1. The maximum atomic E-state index is 11.1. The third-order valence-corrected chi connectivity index (χ3v) is 2.00. The van der Waals surface area contributed by atoms with Crippen molar-refractivity contribution < 1.29 is 9.53 Å². The van der Waals surface area contributed by atoms with Gasteiger partial charge in [0.15, 0.2) is 0 Å². The first-order chi connectivity index (χ1) is 6.63. The molecule has 0 aliphatic rings. The molecule has 1 rings (SSSR count).